The maximum Gasteiger partial charge on any atom is 3.00 e. The Morgan fingerprint density at radius 1 is 0.455 bits per heavy atom. The molecule has 1 fully saturated rings. The van der Waals surface area contributed by atoms with Gasteiger partial charge in [-0.1, -0.05) is 201 Å². The number of nitrogens with zero attached hydrogens (tertiary/aromatic N) is 6. The largest absolute Gasteiger partial charge is 3.00 e. The van der Waals surface area contributed by atoms with Gasteiger partial charge in [-0.15, -0.1) is 0 Å². The minimum atomic E-state index is -0.125. The summed E-state index contributed by atoms with van der Waals surface area (Å²) in [6.07, 6.45) is 3.20. The summed E-state index contributed by atoms with van der Waals surface area (Å²) in [5.74, 6) is 2.06. The number of ether oxygens (including phenoxy) is 1. The molecule has 0 atom stereocenters. The van der Waals surface area contributed by atoms with Gasteiger partial charge in [-0.05, 0) is 135 Å². The number of anilines is 2. The molecule has 0 radical (unpaired) electrons. The van der Waals surface area contributed by atoms with Crippen molar-refractivity contribution in [3.05, 3.63) is 220 Å². The van der Waals surface area contributed by atoms with Crippen molar-refractivity contribution in [3.63, 3.8) is 0 Å². The van der Waals surface area contributed by atoms with E-state index in [9.17, 15) is 10.2 Å². The molecule has 0 aromatic heterocycles. The summed E-state index contributed by atoms with van der Waals surface area (Å²) in [4.78, 5) is 17.5. The number of para-hydroxylation sites is 6. The molecule has 0 unspecified atom stereocenters. The van der Waals surface area contributed by atoms with Crippen molar-refractivity contribution in [2.24, 2.45) is 15.0 Å². The molecule has 412 valence electrons. The van der Waals surface area contributed by atoms with E-state index in [4.69, 9.17) is 15.0 Å². The maximum absolute atomic E-state index is 12.0. The molecular formula is C67H81LuN6O3. The molecule has 0 spiro atoms. The monoisotopic (exact) mass is 1190 g/mol. The van der Waals surface area contributed by atoms with E-state index < -0.39 is 0 Å². The molecule has 7 aromatic carbocycles. The van der Waals surface area contributed by atoms with Crippen LogP contribution >= 0.6 is 0 Å². The van der Waals surface area contributed by atoms with Gasteiger partial charge in [-0.2, -0.15) is 0 Å². The Balaban J connectivity index is 0.000000249. The molecule has 77 heavy (non-hydrogen) atoms. The van der Waals surface area contributed by atoms with Crippen molar-refractivity contribution in [2.45, 2.75) is 105 Å². The van der Waals surface area contributed by atoms with Gasteiger partial charge < -0.3 is 35.1 Å². The van der Waals surface area contributed by atoms with Crippen molar-refractivity contribution in [1.29, 1.82) is 0 Å². The van der Waals surface area contributed by atoms with Gasteiger partial charge in [-0.3, -0.25) is 9.98 Å². The van der Waals surface area contributed by atoms with Crippen molar-refractivity contribution in [2.75, 3.05) is 51.2 Å². The Hall–Kier alpha value is -6.26. The van der Waals surface area contributed by atoms with Crippen molar-refractivity contribution >= 4 is 51.8 Å². The number of amidine groups is 1. The van der Waals surface area contributed by atoms with Crippen molar-refractivity contribution in [1.82, 2.24) is 0 Å². The van der Waals surface area contributed by atoms with Crippen LogP contribution in [0.25, 0.3) is 5.32 Å². The topological polar surface area (TPSA) is 113 Å². The molecule has 0 bridgehead atoms. The number of aliphatic imine (C=N–C) groups is 3. The minimum Gasteiger partial charge on any atom is -0.861 e. The molecule has 1 aliphatic rings. The average molecular weight is 1190 g/mol. The second kappa shape index (κ2) is 33.1. The van der Waals surface area contributed by atoms with Crippen LogP contribution in [0.15, 0.2) is 191 Å². The Bertz CT molecular complexity index is 2750. The van der Waals surface area contributed by atoms with Crippen LogP contribution in [0.1, 0.15) is 131 Å². The van der Waals surface area contributed by atoms with Gasteiger partial charge in [-0.25, -0.2) is 0 Å². The minimum absolute atomic E-state index is 0. The van der Waals surface area contributed by atoms with Crippen LogP contribution in [0.5, 0.6) is 0 Å². The summed E-state index contributed by atoms with van der Waals surface area (Å²) in [5.41, 5.74) is 13.8. The molecule has 0 N–H and O–H groups in total. The zero-order valence-electron chi connectivity index (χ0n) is 47.5. The van der Waals surface area contributed by atoms with Gasteiger partial charge in [0.2, 0.25) is 0 Å². The van der Waals surface area contributed by atoms with Gasteiger partial charge >= 0.3 is 36.9 Å². The summed E-state index contributed by atoms with van der Waals surface area (Å²) >= 11 is 0. The molecule has 1 aliphatic heterocycles. The molecule has 0 saturated carbocycles. The van der Waals surface area contributed by atoms with Gasteiger partial charge in [0.15, 0.2) is 0 Å². The van der Waals surface area contributed by atoms with Crippen molar-refractivity contribution in [3.8, 4) is 0 Å². The molecule has 0 amide bonds. The van der Waals surface area contributed by atoms with Crippen molar-refractivity contribution < 1.29 is 51.8 Å². The third kappa shape index (κ3) is 20.6. The number of rotatable bonds is 15. The van der Waals surface area contributed by atoms with Crippen LogP contribution in [0.3, 0.4) is 0 Å². The van der Waals surface area contributed by atoms with E-state index in [0.717, 1.165) is 58.5 Å². The average Bonchev–Trinajstić information content (AvgIpc) is 4.01. The van der Waals surface area contributed by atoms with Crippen LogP contribution in [0.4, 0.5) is 34.1 Å². The Kier molecular flexibility index (Phi) is 27.2. The van der Waals surface area contributed by atoms with Crippen LogP contribution in [0.2, 0.25) is 0 Å². The molecule has 10 heteroatoms. The molecule has 9 nitrogen and oxygen atoms in total. The Labute approximate surface area is 491 Å². The van der Waals surface area contributed by atoms with Crippen LogP contribution in [0, 0.1) is 36.9 Å². The van der Waals surface area contributed by atoms with Gasteiger partial charge in [0.25, 0.3) is 0 Å². The SMILES string of the molecule is C1CCOC1.CC(C)c1cccc(C(C)C)c1N=C([N-]c1c(C(C)C)cccc1C(C)C)c1ccccc1.CN(C)c1ccccc1CC([O-])=Nc1ccccc1.CN(C)c1ccccc1CC([O-])=Nc1ccccc1.[Lu+3]. The summed E-state index contributed by atoms with van der Waals surface area (Å²) in [5, 5.41) is 29.3. The van der Waals surface area contributed by atoms with E-state index in [2.05, 4.69) is 126 Å². The van der Waals surface area contributed by atoms with E-state index in [1.807, 2.05) is 153 Å². The van der Waals surface area contributed by atoms with E-state index in [0.29, 0.717) is 47.9 Å². The molecular weight excluding hydrogens is 1110 g/mol. The third-order valence-corrected chi connectivity index (χ3v) is 12.6. The fourth-order valence-electron chi connectivity index (χ4n) is 8.64. The first-order chi connectivity index (χ1) is 36.5. The second-order valence-electron chi connectivity index (χ2n) is 20.5. The second-order valence-corrected chi connectivity index (χ2v) is 20.5. The zero-order chi connectivity index (χ0) is 55.0. The van der Waals surface area contributed by atoms with E-state index in [-0.39, 0.29) is 48.7 Å². The third-order valence-electron chi connectivity index (χ3n) is 12.6. The quantitative estimate of drug-likeness (QED) is 0.0749. The molecule has 1 heterocycles. The first kappa shape index (κ1) is 63.3. The fourth-order valence-corrected chi connectivity index (χ4v) is 8.64. The Morgan fingerprint density at radius 2 is 0.805 bits per heavy atom. The predicted molar refractivity (Wildman–Crippen MR) is 321 cm³/mol. The molecule has 0 aliphatic carbocycles. The first-order valence-electron chi connectivity index (χ1n) is 26.8. The van der Waals surface area contributed by atoms with E-state index in [1.54, 1.807) is 0 Å². The van der Waals surface area contributed by atoms with Gasteiger partial charge in [0.1, 0.15) is 0 Å². The maximum atomic E-state index is 12.0. The number of hydrogen-bond acceptors (Lipinski definition) is 8. The first-order valence-corrected chi connectivity index (χ1v) is 26.8. The summed E-state index contributed by atoms with van der Waals surface area (Å²) < 4.78 is 4.94. The van der Waals surface area contributed by atoms with E-state index >= 15 is 0 Å². The summed E-state index contributed by atoms with van der Waals surface area (Å²) in [6.45, 7) is 19.9. The normalized spacial score (nSPS) is 12.4. The zero-order valence-corrected chi connectivity index (χ0v) is 49.1. The molecule has 1 saturated heterocycles. The van der Waals surface area contributed by atoms with E-state index in [1.165, 1.54) is 35.1 Å². The standard InChI is InChI=1S/C31H39N2.2C16H18N2O.C4H8O.Lu/c1-20(2)25-16-12-17-26(21(3)4)29(25)32-31(24-14-10-9-11-15-24)33-30-27(22(5)6)18-13-19-28(30)23(7)8;2*1-18(2)15-11-7-6-8-13(15)12-16(19)17-14-9-4-3-5-10-14;1-2-4-5-3-1;/h9-23H,1-8H3;2*3-11H,12H2,1-2H3,(H,17,19);1-4H2;/q-1;;;;+3/p-2. The van der Waals surface area contributed by atoms with Gasteiger partial charge in [0, 0.05) is 65.6 Å². The number of hydrogen-bond donors (Lipinski definition) is 0. The fraction of sp³-hybridized carbons (Fsp3) is 0.328. The molecule has 8 rings (SSSR count). The predicted octanol–water partition coefficient (Wildman–Crippen LogP) is 15.5. The van der Waals surface area contributed by atoms with Crippen LogP contribution in [-0.4, -0.2) is 59.0 Å². The van der Waals surface area contributed by atoms with Crippen LogP contribution < -0.4 is 20.0 Å². The Morgan fingerprint density at radius 3 is 1.16 bits per heavy atom. The smallest absolute Gasteiger partial charge is 0.861 e. The molecule has 7 aromatic rings. The summed E-state index contributed by atoms with van der Waals surface area (Å²) in [7, 11) is 7.88. The number of benzene rings is 7. The summed E-state index contributed by atoms with van der Waals surface area (Å²) in [6, 6.07) is 58.0. The van der Waals surface area contributed by atoms with Gasteiger partial charge in [0.05, 0.1) is 11.4 Å². The van der Waals surface area contributed by atoms with Crippen LogP contribution in [-0.2, 0) is 17.6 Å².